The van der Waals surface area contributed by atoms with Gasteiger partial charge in [0.2, 0.25) is 0 Å². The third-order valence-electron chi connectivity index (χ3n) is 2.31. The molecule has 1 heterocycles. The summed E-state index contributed by atoms with van der Waals surface area (Å²) in [5.74, 6) is 1.40. The number of rotatable bonds is 4. The number of halogens is 1. The second-order valence-electron chi connectivity index (χ2n) is 5.79. The topological polar surface area (TPSA) is 72.0 Å². The molecule has 0 aliphatic heterocycles. The van der Waals surface area contributed by atoms with E-state index in [1.54, 1.807) is 6.07 Å². The molecular weight excluding hydrogens is 330 g/mol. The summed E-state index contributed by atoms with van der Waals surface area (Å²) in [4.78, 5) is 8.76. The lowest BCUT2D eigenvalue weighted by molar-refractivity contribution is 0.543. The van der Waals surface area contributed by atoms with Gasteiger partial charge in [0.1, 0.15) is 26.1 Å². The molecule has 0 saturated heterocycles. The smallest absolute Gasteiger partial charge is 0.149 e. The second kappa shape index (κ2) is 5.75. The van der Waals surface area contributed by atoms with Gasteiger partial charge in [0.15, 0.2) is 0 Å². The van der Waals surface area contributed by atoms with Crippen LogP contribution in [0.3, 0.4) is 0 Å². The average Bonchev–Trinajstić information content (AvgIpc) is 2.11. The molecule has 1 atom stereocenters. The van der Waals surface area contributed by atoms with Crippen molar-refractivity contribution in [2.24, 2.45) is 0 Å². The highest BCUT2D eigenvalue weighted by molar-refractivity contribution is 9.10. The number of nitrogens with zero attached hydrogens (tertiary/aromatic N) is 2. The highest BCUT2D eigenvalue weighted by atomic mass is 79.9. The number of anilines is 1. The lowest BCUT2D eigenvalue weighted by Crippen LogP contribution is -2.26. The van der Waals surface area contributed by atoms with Gasteiger partial charge in [-0.25, -0.2) is 18.4 Å². The van der Waals surface area contributed by atoms with E-state index in [-0.39, 0.29) is 17.2 Å². The van der Waals surface area contributed by atoms with E-state index in [1.165, 1.54) is 6.26 Å². The number of hydrogen-bond donors (Lipinski definition) is 1. The monoisotopic (exact) mass is 349 g/mol. The van der Waals surface area contributed by atoms with Gasteiger partial charge in [0.25, 0.3) is 0 Å². The minimum atomic E-state index is -3.01. The minimum Gasteiger partial charge on any atom is -0.366 e. The molecule has 5 nitrogen and oxygen atoms in total. The Balaban J connectivity index is 2.93. The first-order chi connectivity index (χ1) is 8.47. The molecule has 1 aromatic rings. The Morgan fingerprint density at radius 3 is 2.42 bits per heavy atom. The molecule has 1 unspecified atom stereocenters. The Labute approximate surface area is 123 Å². The summed E-state index contributed by atoms with van der Waals surface area (Å²) in [6.45, 7) is 7.89. The van der Waals surface area contributed by atoms with Crippen molar-refractivity contribution in [2.45, 2.75) is 39.2 Å². The molecule has 19 heavy (non-hydrogen) atoms. The Morgan fingerprint density at radius 1 is 1.37 bits per heavy atom. The normalized spacial score (nSPS) is 14.2. The van der Waals surface area contributed by atoms with Crippen molar-refractivity contribution in [1.29, 1.82) is 0 Å². The third-order valence-corrected chi connectivity index (χ3v) is 3.82. The molecule has 0 saturated carbocycles. The van der Waals surface area contributed by atoms with Crippen molar-refractivity contribution >= 4 is 31.6 Å². The van der Waals surface area contributed by atoms with Crippen LogP contribution in [0, 0.1) is 0 Å². The zero-order chi connectivity index (χ0) is 14.8. The Bertz CT molecular complexity index is 553. The van der Waals surface area contributed by atoms with Gasteiger partial charge in [-0.1, -0.05) is 20.8 Å². The first-order valence-corrected chi connectivity index (χ1v) is 8.82. The minimum absolute atomic E-state index is 0.0689. The summed E-state index contributed by atoms with van der Waals surface area (Å²) in [6.07, 6.45) is 1.22. The zero-order valence-corrected chi connectivity index (χ0v) is 14.3. The van der Waals surface area contributed by atoms with Gasteiger partial charge in [-0.05, 0) is 22.9 Å². The van der Waals surface area contributed by atoms with E-state index >= 15 is 0 Å². The fourth-order valence-electron chi connectivity index (χ4n) is 1.58. The summed E-state index contributed by atoms with van der Waals surface area (Å²) in [5.41, 5.74) is -0.166. The van der Waals surface area contributed by atoms with Crippen LogP contribution in [-0.4, -0.2) is 36.4 Å². The van der Waals surface area contributed by atoms with E-state index in [2.05, 4.69) is 31.2 Å². The standard InChI is InChI=1S/C12H20BrN3O2S/c1-8(7-19(5,17)18)14-10-6-9(13)15-11(16-10)12(2,3)4/h6,8H,7H2,1-5H3,(H,14,15,16). The average molecular weight is 350 g/mol. The molecule has 7 heteroatoms. The molecule has 0 aliphatic rings. The first kappa shape index (κ1) is 16.4. The van der Waals surface area contributed by atoms with E-state index in [9.17, 15) is 8.42 Å². The van der Waals surface area contributed by atoms with Gasteiger partial charge < -0.3 is 5.32 Å². The van der Waals surface area contributed by atoms with Crippen molar-refractivity contribution in [3.8, 4) is 0 Å². The molecule has 0 aliphatic carbocycles. The number of hydrogen-bond acceptors (Lipinski definition) is 5. The summed E-state index contributed by atoms with van der Waals surface area (Å²) < 4.78 is 23.2. The van der Waals surface area contributed by atoms with Crippen LogP contribution in [0.2, 0.25) is 0 Å². The summed E-state index contributed by atoms with van der Waals surface area (Å²) in [7, 11) is -3.01. The maximum Gasteiger partial charge on any atom is 0.149 e. The van der Waals surface area contributed by atoms with Gasteiger partial charge in [-0.15, -0.1) is 0 Å². The number of sulfone groups is 1. The predicted octanol–water partition coefficient (Wildman–Crippen LogP) is 2.38. The molecule has 0 aromatic carbocycles. The molecule has 1 aromatic heterocycles. The van der Waals surface area contributed by atoms with Crippen LogP contribution in [0.25, 0.3) is 0 Å². The van der Waals surface area contributed by atoms with Gasteiger partial charge in [0, 0.05) is 23.8 Å². The Kier molecular flexibility index (Phi) is 4.95. The molecule has 0 bridgehead atoms. The van der Waals surface area contributed by atoms with Crippen LogP contribution in [0.15, 0.2) is 10.7 Å². The lowest BCUT2D eigenvalue weighted by Gasteiger charge is -2.19. The van der Waals surface area contributed by atoms with Crippen LogP contribution >= 0.6 is 15.9 Å². The van der Waals surface area contributed by atoms with Crippen LogP contribution in [0.1, 0.15) is 33.5 Å². The van der Waals surface area contributed by atoms with Crippen molar-refractivity contribution < 1.29 is 8.42 Å². The zero-order valence-electron chi connectivity index (χ0n) is 11.9. The van der Waals surface area contributed by atoms with E-state index in [0.717, 1.165) is 0 Å². The van der Waals surface area contributed by atoms with Crippen LogP contribution in [0.5, 0.6) is 0 Å². The molecule has 0 spiro atoms. The quantitative estimate of drug-likeness (QED) is 0.844. The van der Waals surface area contributed by atoms with Gasteiger partial charge in [-0.3, -0.25) is 0 Å². The third kappa shape index (κ3) is 5.86. The predicted molar refractivity (Wildman–Crippen MR) is 81.2 cm³/mol. The van der Waals surface area contributed by atoms with E-state index < -0.39 is 9.84 Å². The van der Waals surface area contributed by atoms with Crippen molar-refractivity contribution in [3.63, 3.8) is 0 Å². The van der Waals surface area contributed by atoms with E-state index in [0.29, 0.717) is 16.2 Å². The van der Waals surface area contributed by atoms with E-state index in [4.69, 9.17) is 0 Å². The molecule has 0 amide bonds. The molecule has 0 radical (unpaired) electrons. The Hall–Kier alpha value is -0.690. The largest absolute Gasteiger partial charge is 0.366 e. The van der Waals surface area contributed by atoms with Crippen LogP contribution in [0.4, 0.5) is 5.82 Å². The van der Waals surface area contributed by atoms with Crippen LogP contribution < -0.4 is 5.32 Å². The number of nitrogens with one attached hydrogen (secondary N) is 1. The van der Waals surface area contributed by atoms with Crippen molar-refractivity contribution in [3.05, 3.63) is 16.5 Å². The van der Waals surface area contributed by atoms with Crippen LogP contribution in [-0.2, 0) is 15.3 Å². The maximum absolute atomic E-state index is 11.2. The summed E-state index contributed by atoms with van der Waals surface area (Å²) >= 11 is 3.35. The van der Waals surface area contributed by atoms with Crippen molar-refractivity contribution in [1.82, 2.24) is 9.97 Å². The summed E-state index contributed by atoms with van der Waals surface area (Å²) in [6, 6.07) is 1.54. The first-order valence-electron chi connectivity index (χ1n) is 5.97. The fraction of sp³-hybridized carbons (Fsp3) is 0.667. The lowest BCUT2D eigenvalue weighted by atomic mass is 9.96. The van der Waals surface area contributed by atoms with Gasteiger partial charge in [-0.2, -0.15) is 0 Å². The van der Waals surface area contributed by atoms with E-state index in [1.807, 2.05) is 27.7 Å². The fourth-order valence-corrected chi connectivity index (χ4v) is 2.95. The number of aromatic nitrogens is 2. The highest BCUT2D eigenvalue weighted by Gasteiger charge is 2.19. The molecule has 0 fully saturated rings. The molecule has 1 N–H and O–H groups in total. The summed E-state index contributed by atoms with van der Waals surface area (Å²) in [5, 5.41) is 3.09. The molecular formula is C12H20BrN3O2S. The Morgan fingerprint density at radius 2 is 1.95 bits per heavy atom. The SMILES string of the molecule is CC(CS(C)(=O)=O)Nc1cc(Br)nc(C(C)(C)C)n1. The highest BCUT2D eigenvalue weighted by Crippen LogP contribution is 2.22. The van der Waals surface area contributed by atoms with Gasteiger partial charge >= 0.3 is 0 Å². The molecule has 1 rings (SSSR count). The maximum atomic E-state index is 11.2. The van der Waals surface area contributed by atoms with Gasteiger partial charge in [0.05, 0.1) is 5.75 Å². The molecule has 108 valence electrons. The second-order valence-corrected chi connectivity index (χ2v) is 8.78. The van der Waals surface area contributed by atoms with Crippen molar-refractivity contribution in [2.75, 3.05) is 17.3 Å².